The van der Waals surface area contributed by atoms with Crippen molar-refractivity contribution in [2.45, 2.75) is 0 Å². The first kappa shape index (κ1) is 9.82. The highest BCUT2D eigenvalue weighted by molar-refractivity contribution is 7.13. The normalized spacial score (nSPS) is 9.93. The van der Waals surface area contributed by atoms with Crippen molar-refractivity contribution in [3.8, 4) is 10.6 Å². The second-order valence-electron chi connectivity index (χ2n) is 2.81. The molecule has 0 aliphatic heterocycles. The highest BCUT2D eigenvalue weighted by Gasteiger charge is 2.11. The average Bonchev–Trinajstić information content (AvgIpc) is 2.78. The van der Waals surface area contributed by atoms with Crippen molar-refractivity contribution in [1.82, 2.24) is 4.98 Å². The van der Waals surface area contributed by atoms with E-state index >= 15 is 0 Å². The molecule has 0 fully saturated rings. The Morgan fingerprint density at radius 1 is 1.33 bits per heavy atom. The zero-order valence-corrected chi connectivity index (χ0v) is 8.53. The van der Waals surface area contributed by atoms with Gasteiger partial charge in [-0.25, -0.2) is 9.78 Å². The number of rotatable bonds is 2. The molecule has 1 aromatic carbocycles. The van der Waals surface area contributed by atoms with Gasteiger partial charge in [0.25, 0.3) is 0 Å². The average molecular weight is 220 g/mol. The van der Waals surface area contributed by atoms with Crippen LogP contribution in [0.15, 0.2) is 35.7 Å². The van der Waals surface area contributed by atoms with Gasteiger partial charge in [-0.3, -0.25) is 0 Å². The van der Waals surface area contributed by atoms with E-state index in [0.29, 0.717) is 0 Å². The summed E-state index contributed by atoms with van der Waals surface area (Å²) in [7, 11) is 0. The Hall–Kier alpha value is -1.72. The number of hydrogen-bond donors (Lipinski definition) is 1. The molecule has 0 saturated carbocycles. The van der Waals surface area contributed by atoms with Crippen LogP contribution in [0.5, 0.6) is 0 Å². The van der Waals surface area contributed by atoms with Gasteiger partial charge in [-0.15, -0.1) is 11.3 Å². The Labute approximate surface area is 90.3 Å². The molecule has 0 saturated heterocycles. The number of hydrogen-bond acceptors (Lipinski definition) is 5. The third-order valence-electron chi connectivity index (χ3n) is 1.84. The molecule has 2 rings (SSSR count). The Balaban J connectivity index is 2.32. The summed E-state index contributed by atoms with van der Waals surface area (Å²) in [6.45, 7) is 0. The first-order chi connectivity index (χ1) is 7.31. The summed E-state index contributed by atoms with van der Waals surface area (Å²) in [5.41, 5.74) is 1.21. The van der Waals surface area contributed by atoms with Crippen LogP contribution in [0.3, 0.4) is 0 Å². The highest BCUT2D eigenvalue weighted by atomic mass is 32.1. The summed E-state index contributed by atoms with van der Waals surface area (Å²) in [6, 6.07) is 9.61. The van der Waals surface area contributed by atoms with Gasteiger partial charge in [0.2, 0.25) is 0 Å². The van der Waals surface area contributed by atoms with Gasteiger partial charge in [0.05, 0.1) is 0 Å². The van der Waals surface area contributed by atoms with Crippen molar-refractivity contribution >= 4 is 17.3 Å². The molecule has 2 aromatic rings. The zero-order chi connectivity index (χ0) is 10.7. The monoisotopic (exact) mass is 220 g/mol. The van der Waals surface area contributed by atoms with E-state index in [9.17, 15) is 4.79 Å². The molecule has 15 heavy (non-hydrogen) atoms. The maximum absolute atomic E-state index is 11.1. The molecule has 4 nitrogen and oxygen atoms in total. The Morgan fingerprint density at radius 3 is 2.73 bits per heavy atom. The lowest BCUT2D eigenvalue weighted by Gasteiger charge is -1.93. The minimum Gasteiger partial charge on any atom is -0.368 e. The fourth-order valence-electron chi connectivity index (χ4n) is 1.14. The third-order valence-corrected chi connectivity index (χ3v) is 2.73. The molecule has 2 N–H and O–H groups in total. The molecular formula is C10H8N2O2S. The minimum absolute atomic E-state index is 0.237. The summed E-state index contributed by atoms with van der Waals surface area (Å²) in [6.07, 6.45) is 0. The molecule has 0 unspecified atom stereocenters. The van der Waals surface area contributed by atoms with Crippen molar-refractivity contribution in [2.24, 2.45) is 5.90 Å². The van der Waals surface area contributed by atoms with E-state index in [0.717, 1.165) is 10.6 Å². The number of benzene rings is 1. The minimum atomic E-state index is -0.617. The Kier molecular flexibility index (Phi) is 2.75. The second-order valence-corrected chi connectivity index (χ2v) is 3.67. The van der Waals surface area contributed by atoms with Gasteiger partial charge >= 0.3 is 5.97 Å². The first-order valence-electron chi connectivity index (χ1n) is 4.23. The predicted octanol–water partition coefficient (Wildman–Crippen LogP) is 1.84. The van der Waals surface area contributed by atoms with Gasteiger partial charge in [-0.2, -0.15) is 5.90 Å². The predicted molar refractivity (Wildman–Crippen MR) is 57.2 cm³/mol. The van der Waals surface area contributed by atoms with E-state index in [1.807, 2.05) is 30.3 Å². The third kappa shape index (κ3) is 2.03. The number of carbonyl (C=O) groups excluding carboxylic acids is 1. The van der Waals surface area contributed by atoms with Crippen molar-refractivity contribution in [3.05, 3.63) is 41.4 Å². The van der Waals surface area contributed by atoms with E-state index in [2.05, 4.69) is 9.82 Å². The van der Waals surface area contributed by atoms with Crippen molar-refractivity contribution < 1.29 is 9.63 Å². The van der Waals surface area contributed by atoms with Crippen molar-refractivity contribution in [3.63, 3.8) is 0 Å². The van der Waals surface area contributed by atoms with Crippen LogP contribution in [-0.4, -0.2) is 11.0 Å². The SMILES string of the molecule is NOC(=O)c1csc(-c2ccccc2)n1. The summed E-state index contributed by atoms with van der Waals surface area (Å²) < 4.78 is 0. The van der Waals surface area contributed by atoms with E-state index in [4.69, 9.17) is 5.90 Å². The molecule has 0 amide bonds. The Morgan fingerprint density at radius 2 is 2.07 bits per heavy atom. The molecule has 0 spiro atoms. The van der Waals surface area contributed by atoms with Gasteiger partial charge in [-0.05, 0) is 0 Å². The van der Waals surface area contributed by atoms with Crippen LogP contribution >= 0.6 is 11.3 Å². The molecule has 1 aromatic heterocycles. The van der Waals surface area contributed by atoms with Gasteiger partial charge in [0, 0.05) is 10.9 Å². The molecule has 0 atom stereocenters. The molecule has 76 valence electrons. The fraction of sp³-hybridized carbons (Fsp3) is 0. The molecule has 0 aliphatic rings. The fourth-order valence-corrected chi connectivity index (χ4v) is 1.94. The quantitative estimate of drug-likeness (QED) is 0.784. The van der Waals surface area contributed by atoms with Crippen LogP contribution < -0.4 is 5.90 Å². The summed E-state index contributed by atoms with van der Waals surface area (Å²) in [5, 5.41) is 2.40. The van der Waals surface area contributed by atoms with Crippen LogP contribution in [0.4, 0.5) is 0 Å². The highest BCUT2D eigenvalue weighted by Crippen LogP contribution is 2.23. The number of nitrogens with two attached hydrogens (primary N) is 1. The molecule has 0 bridgehead atoms. The van der Waals surface area contributed by atoms with Crippen LogP contribution in [0.2, 0.25) is 0 Å². The van der Waals surface area contributed by atoms with Crippen molar-refractivity contribution in [1.29, 1.82) is 0 Å². The standard InChI is InChI=1S/C10H8N2O2S/c11-14-10(13)8-6-15-9(12-8)7-4-2-1-3-5-7/h1-6H,11H2. The first-order valence-corrected chi connectivity index (χ1v) is 5.11. The van der Waals surface area contributed by atoms with Crippen LogP contribution in [0.25, 0.3) is 10.6 Å². The summed E-state index contributed by atoms with van der Waals surface area (Å²) in [5.74, 6) is 4.15. The number of nitrogens with zero attached hydrogens (tertiary/aromatic N) is 1. The summed E-state index contributed by atoms with van der Waals surface area (Å²) >= 11 is 1.38. The summed E-state index contributed by atoms with van der Waals surface area (Å²) in [4.78, 5) is 19.3. The smallest absolute Gasteiger partial charge is 0.368 e. The van der Waals surface area contributed by atoms with Crippen LogP contribution in [0.1, 0.15) is 10.5 Å². The lowest BCUT2D eigenvalue weighted by Crippen LogP contribution is -2.10. The maximum atomic E-state index is 11.1. The maximum Gasteiger partial charge on any atom is 0.376 e. The second kappa shape index (κ2) is 4.20. The zero-order valence-electron chi connectivity index (χ0n) is 7.71. The lowest BCUT2D eigenvalue weighted by molar-refractivity contribution is 0.0497. The van der Waals surface area contributed by atoms with Crippen molar-refractivity contribution in [2.75, 3.05) is 0 Å². The van der Waals surface area contributed by atoms with E-state index in [1.54, 1.807) is 5.38 Å². The molecular weight excluding hydrogens is 212 g/mol. The molecule has 0 radical (unpaired) electrons. The van der Waals surface area contributed by atoms with E-state index in [-0.39, 0.29) is 5.69 Å². The topological polar surface area (TPSA) is 65.2 Å². The van der Waals surface area contributed by atoms with Gasteiger partial charge in [0.1, 0.15) is 5.01 Å². The van der Waals surface area contributed by atoms with Crippen LogP contribution in [-0.2, 0) is 4.84 Å². The molecule has 5 heteroatoms. The Bertz CT molecular complexity index is 467. The number of aromatic nitrogens is 1. The van der Waals surface area contributed by atoms with Crippen LogP contribution in [0, 0.1) is 0 Å². The van der Waals surface area contributed by atoms with E-state index in [1.165, 1.54) is 11.3 Å². The van der Waals surface area contributed by atoms with Gasteiger partial charge in [0.15, 0.2) is 5.69 Å². The largest absolute Gasteiger partial charge is 0.376 e. The van der Waals surface area contributed by atoms with E-state index < -0.39 is 5.97 Å². The molecule has 1 heterocycles. The number of thiazole rings is 1. The lowest BCUT2D eigenvalue weighted by atomic mass is 10.2. The molecule has 0 aliphatic carbocycles. The van der Waals surface area contributed by atoms with Gasteiger partial charge in [-0.1, -0.05) is 30.3 Å². The number of carbonyl (C=O) groups is 1. The van der Waals surface area contributed by atoms with Gasteiger partial charge < -0.3 is 4.84 Å².